The summed E-state index contributed by atoms with van der Waals surface area (Å²) in [6, 6.07) is 11.5. The summed E-state index contributed by atoms with van der Waals surface area (Å²) in [6.45, 7) is 5.59. The number of rotatable bonds is 2. The number of alkyl halides is 3. The molecule has 1 saturated heterocycles. The molecule has 0 saturated carbocycles. The number of pyridine rings is 2. The summed E-state index contributed by atoms with van der Waals surface area (Å²) in [5, 5.41) is 0.939. The lowest BCUT2D eigenvalue weighted by atomic mass is 9.98. The standard InChI is InChI=1S/C30H29F3N4O3/c1-29(2,3)40-28(39)37-20-9-11-22(37)26-21-10-12-24(34-27(21)35(4)23(26)16-20)36-14-13-18(15-25(36)38)17-5-7-19(8-6-17)30(31,32)33/h5-8,10,12-15,20,22H,9,11,16H2,1-4H3. The Kier molecular flexibility index (Phi) is 5.87. The van der Waals surface area contributed by atoms with Crippen molar-refractivity contribution in [3.63, 3.8) is 0 Å². The third-order valence-electron chi connectivity index (χ3n) is 7.77. The van der Waals surface area contributed by atoms with Crippen molar-refractivity contribution in [2.75, 3.05) is 0 Å². The van der Waals surface area contributed by atoms with Crippen LogP contribution in [-0.4, -0.2) is 36.8 Å². The van der Waals surface area contributed by atoms with E-state index in [4.69, 9.17) is 9.72 Å². The van der Waals surface area contributed by atoms with Crippen LogP contribution in [0.25, 0.3) is 28.0 Å². The van der Waals surface area contributed by atoms with E-state index in [1.54, 1.807) is 18.3 Å². The molecule has 5 heterocycles. The molecule has 3 aromatic heterocycles. The summed E-state index contributed by atoms with van der Waals surface area (Å²) in [6.07, 6.45) is -0.676. The van der Waals surface area contributed by atoms with Crippen LogP contribution in [-0.2, 0) is 24.4 Å². The van der Waals surface area contributed by atoms with E-state index in [0.29, 0.717) is 23.4 Å². The molecule has 0 spiro atoms. The number of ether oxygens (including phenoxy) is 1. The van der Waals surface area contributed by atoms with Gasteiger partial charge in [0.1, 0.15) is 17.1 Å². The van der Waals surface area contributed by atoms with E-state index in [2.05, 4.69) is 0 Å². The van der Waals surface area contributed by atoms with Gasteiger partial charge in [-0.2, -0.15) is 13.2 Å². The fourth-order valence-corrected chi connectivity index (χ4v) is 6.00. The molecule has 40 heavy (non-hydrogen) atoms. The van der Waals surface area contributed by atoms with Crippen LogP contribution in [0.1, 0.15) is 56.5 Å². The zero-order valence-corrected chi connectivity index (χ0v) is 22.6. The minimum atomic E-state index is -4.42. The molecule has 0 radical (unpaired) electrons. The summed E-state index contributed by atoms with van der Waals surface area (Å²) in [5.74, 6) is 0.434. The van der Waals surface area contributed by atoms with Gasteiger partial charge in [0.2, 0.25) is 0 Å². The van der Waals surface area contributed by atoms with Crippen molar-refractivity contribution in [1.29, 1.82) is 0 Å². The highest BCUT2D eigenvalue weighted by Crippen LogP contribution is 2.47. The van der Waals surface area contributed by atoms with Crippen LogP contribution >= 0.6 is 0 Å². The maximum Gasteiger partial charge on any atom is 0.416 e. The molecular weight excluding hydrogens is 521 g/mol. The first-order valence-electron chi connectivity index (χ1n) is 13.2. The first-order valence-corrected chi connectivity index (χ1v) is 13.2. The van der Waals surface area contributed by atoms with Gasteiger partial charge >= 0.3 is 12.3 Å². The van der Waals surface area contributed by atoms with Gasteiger partial charge in [0.15, 0.2) is 0 Å². The van der Waals surface area contributed by atoms with Crippen LogP contribution in [0.15, 0.2) is 59.5 Å². The highest BCUT2D eigenvalue weighted by molar-refractivity contribution is 5.85. The smallest absolute Gasteiger partial charge is 0.416 e. The lowest BCUT2D eigenvalue weighted by Gasteiger charge is -2.36. The Labute approximate surface area is 228 Å². The minimum absolute atomic E-state index is 0.0650. The van der Waals surface area contributed by atoms with Gasteiger partial charge < -0.3 is 9.30 Å². The van der Waals surface area contributed by atoms with Gasteiger partial charge in [-0.1, -0.05) is 12.1 Å². The molecule has 10 heteroatoms. The van der Waals surface area contributed by atoms with Gasteiger partial charge in [-0.25, -0.2) is 9.78 Å². The molecule has 2 aliphatic rings. The fourth-order valence-electron chi connectivity index (χ4n) is 6.00. The van der Waals surface area contributed by atoms with Crippen molar-refractivity contribution in [3.05, 3.63) is 81.9 Å². The number of aryl methyl sites for hydroxylation is 1. The van der Waals surface area contributed by atoms with E-state index < -0.39 is 17.3 Å². The van der Waals surface area contributed by atoms with Gasteiger partial charge in [0.25, 0.3) is 5.56 Å². The van der Waals surface area contributed by atoms with E-state index >= 15 is 0 Å². The first kappa shape index (κ1) is 26.2. The van der Waals surface area contributed by atoms with Gasteiger partial charge in [-0.3, -0.25) is 14.3 Å². The quantitative estimate of drug-likeness (QED) is 0.289. The molecule has 2 atom stereocenters. The van der Waals surface area contributed by atoms with Crippen LogP contribution in [0, 0.1) is 0 Å². The Bertz CT molecular complexity index is 1700. The second-order valence-electron chi connectivity index (χ2n) is 11.5. The Balaban J connectivity index is 1.34. The maximum absolute atomic E-state index is 13.1. The van der Waals surface area contributed by atoms with Gasteiger partial charge in [0.05, 0.1) is 11.6 Å². The van der Waals surface area contributed by atoms with Gasteiger partial charge in [-0.15, -0.1) is 0 Å². The maximum atomic E-state index is 13.1. The third kappa shape index (κ3) is 4.35. The minimum Gasteiger partial charge on any atom is -0.444 e. The van der Waals surface area contributed by atoms with Crippen LogP contribution in [0.5, 0.6) is 0 Å². The molecule has 0 N–H and O–H groups in total. The largest absolute Gasteiger partial charge is 0.444 e. The van der Waals surface area contributed by atoms with Crippen LogP contribution in [0.2, 0.25) is 0 Å². The van der Waals surface area contributed by atoms with Crippen molar-refractivity contribution < 1.29 is 22.7 Å². The predicted molar refractivity (Wildman–Crippen MR) is 144 cm³/mol. The average Bonchev–Trinajstić information content (AvgIpc) is 3.35. The number of benzene rings is 1. The SMILES string of the molecule is Cn1c2c(c3ccc(-n4ccc(-c5ccc(C(F)(F)F)cc5)cc4=O)nc31)C1CCC(C2)N1C(=O)OC(C)(C)C. The van der Waals surface area contributed by atoms with Crippen LogP contribution in [0.4, 0.5) is 18.0 Å². The molecule has 208 valence electrons. The van der Waals surface area contributed by atoms with Crippen molar-refractivity contribution in [1.82, 2.24) is 19.0 Å². The highest BCUT2D eigenvalue weighted by atomic mass is 19.4. The van der Waals surface area contributed by atoms with Crippen molar-refractivity contribution >= 4 is 17.1 Å². The Morgan fingerprint density at radius 3 is 2.38 bits per heavy atom. The number of fused-ring (bicyclic) bond motifs is 6. The predicted octanol–water partition coefficient (Wildman–Crippen LogP) is 6.41. The molecule has 1 fully saturated rings. The first-order chi connectivity index (χ1) is 18.8. The number of carbonyl (C=O) groups excluding carboxylic acids is 1. The number of nitrogens with zero attached hydrogens (tertiary/aromatic N) is 4. The normalized spacial score (nSPS) is 18.7. The molecule has 1 aromatic carbocycles. The monoisotopic (exact) mass is 550 g/mol. The zero-order valence-electron chi connectivity index (χ0n) is 22.6. The van der Waals surface area contributed by atoms with E-state index in [0.717, 1.165) is 47.3 Å². The average molecular weight is 551 g/mol. The zero-order chi connectivity index (χ0) is 28.6. The Morgan fingerprint density at radius 1 is 1.00 bits per heavy atom. The number of amides is 1. The van der Waals surface area contributed by atoms with Crippen molar-refractivity contribution in [3.8, 4) is 16.9 Å². The summed E-state index contributed by atoms with van der Waals surface area (Å²) >= 11 is 0. The number of halogens is 3. The summed E-state index contributed by atoms with van der Waals surface area (Å²) in [7, 11) is 1.96. The number of carbonyl (C=O) groups is 1. The molecule has 0 aliphatic carbocycles. The second kappa shape index (κ2) is 8.97. The molecule has 2 unspecified atom stereocenters. The highest BCUT2D eigenvalue weighted by Gasteiger charge is 2.46. The van der Waals surface area contributed by atoms with E-state index in [9.17, 15) is 22.8 Å². The van der Waals surface area contributed by atoms with E-state index in [1.807, 2.05) is 43.4 Å². The number of hydrogen-bond donors (Lipinski definition) is 0. The van der Waals surface area contributed by atoms with E-state index in [1.165, 1.54) is 22.8 Å². The van der Waals surface area contributed by atoms with Crippen LogP contribution < -0.4 is 5.56 Å². The van der Waals surface area contributed by atoms with Gasteiger partial charge in [0, 0.05) is 48.4 Å². The molecule has 1 amide bonds. The molecule has 2 bridgehead atoms. The second-order valence-corrected chi connectivity index (χ2v) is 11.5. The van der Waals surface area contributed by atoms with Crippen molar-refractivity contribution in [2.45, 2.75) is 63.9 Å². The fraction of sp³-hybridized carbons (Fsp3) is 0.367. The molecule has 4 aromatic rings. The summed E-state index contributed by atoms with van der Waals surface area (Å²) < 4.78 is 47.9. The Morgan fingerprint density at radius 2 is 1.73 bits per heavy atom. The van der Waals surface area contributed by atoms with Crippen molar-refractivity contribution in [2.24, 2.45) is 7.05 Å². The van der Waals surface area contributed by atoms with E-state index in [-0.39, 0.29) is 23.7 Å². The summed E-state index contributed by atoms with van der Waals surface area (Å²) in [4.78, 5) is 32.9. The lowest BCUT2D eigenvalue weighted by Crippen LogP contribution is -2.44. The molecule has 6 rings (SSSR count). The topological polar surface area (TPSA) is 69.4 Å². The van der Waals surface area contributed by atoms with Crippen LogP contribution in [0.3, 0.4) is 0 Å². The number of aromatic nitrogens is 3. The lowest BCUT2D eigenvalue weighted by molar-refractivity contribution is -0.137. The molecule has 2 aliphatic heterocycles. The number of hydrogen-bond acceptors (Lipinski definition) is 4. The third-order valence-corrected chi connectivity index (χ3v) is 7.77. The van der Waals surface area contributed by atoms with Gasteiger partial charge in [-0.05, 0) is 75.1 Å². The molecular formula is C30H29F3N4O3. The molecule has 7 nitrogen and oxygen atoms in total. The Hall–Kier alpha value is -4.08. The summed E-state index contributed by atoms with van der Waals surface area (Å²) in [5.41, 5.74) is 2.30.